The van der Waals surface area contributed by atoms with Crippen LogP contribution >= 0.6 is 0 Å². The lowest BCUT2D eigenvalue weighted by Gasteiger charge is -2.30. The Hall–Kier alpha value is -3.50. The summed E-state index contributed by atoms with van der Waals surface area (Å²) < 4.78 is 63.2. The third kappa shape index (κ3) is 6.14. The van der Waals surface area contributed by atoms with E-state index in [2.05, 4.69) is 9.72 Å². The van der Waals surface area contributed by atoms with Crippen molar-refractivity contribution in [1.82, 2.24) is 9.88 Å². The van der Waals surface area contributed by atoms with Crippen LogP contribution in [0.1, 0.15) is 5.56 Å². The Labute approximate surface area is 199 Å². The maximum Gasteiger partial charge on any atom is 0.573 e. The number of aromatic nitrogens is 1. The minimum absolute atomic E-state index is 0.0438. The lowest BCUT2D eigenvalue weighted by molar-refractivity contribution is -0.274. The highest BCUT2D eigenvalue weighted by Crippen LogP contribution is 2.38. The van der Waals surface area contributed by atoms with E-state index in [1.54, 1.807) is 25.1 Å². The maximum absolute atomic E-state index is 14.2. The van der Waals surface area contributed by atoms with Gasteiger partial charge in [-0.05, 0) is 48.9 Å². The Kier molecular flexibility index (Phi) is 7.32. The van der Waals surface area contributed by atoms with Gasteiger partial charge < -0.3 is 9.47 Å². The Morgan fingerprint density at radius 2 is 1.86 bits per heavy atom. The maximum atomic E-state index is 14.2. The molecule has 0 unspecified atom stereocenters. The number of pyridine rings is 1. The molecule has 10 heteroatoms. The van der Waals surface area contributed by atoms with E-state index in [0.29, 0.717) is 37.6 Å². The molecule has 1 amide bonds. The predicted molar refractivity (Wildman–Crippen MR) is 122 cm³/mol. The second-order valence-electron chi connectivity index (χ2n) is 8.02. The minimum atomic E-state index is -4.95. The summed E-state index contributed by atoms with van der Waals surface area (Å²) in [7, 11) is 0. The van der Waals surface area contributed by atoms with Gasteiger partial charge in [0.05, 0.1) is 43.0 Å². The zero-order valence-corrected chi connectivity index (χ0v) is 18.9. The van der Waals surface area contributed by atoms with E-state index in [0.717, 1.165) is 4.90 Å². The van der Waals surface area contributed by atoms with E-state index in [-0.39, 0.29) is 23.5 Å². The fourth-order valence-corrected chi connectivity index (χ4v) is 3.80. The quantitative estimate of drug-likeness (QED) is 0.452. The number of anilines is 2. The van der Waals surface area contributed by atoms with Gasteiger partial charge in [-0.2, -0.15) is 0 Å². The van der Waals surface area contributed by atoms with Gasteiger partial charge in [-0.15, -0.1) is 13.2 Å². The van der Waals surface area contributed by atoms with E-state index < -0.39 is 23.8 Å². The van der Waals surface area contributed by atoms with Crippen LogP contribution in [0.25, 0.3) is 11.3 Å². The topological polar surface area (TPSA) is 54.9 Å². The van der Waals surface area contributed by atoms with Gasteiger partial charge >= 0.3 is 6.36 Å². The number of halogens is 4. The first-order chi connectivity index (χ1) is 16.7. The van der Waals surface area contributed by atoms with Crippen molar-refractivity contribution in [1.29, 1.82) is 0 Å². The molecule has 2 aromatic carbocycles. The highest BCUT2D eigenvalue weighted by Gasteiger charge is 2.34. The molecule has 1 aromatic heterocycles. The van der Waals surface area contributed by atoms with Gasteiger partial charge in [-0.1, -0.05) is 18.2 Å². The van der Waals surface area contributed by atoms with Crippen molar-refractivity contribution in [3.63, 3.8) is 0 Å². The Morgan fingerprint density at radius 3 is 2.51 bits per heavy atom. The van der Waals surface area contributed by atoms with E-state index in [4.69, 9.17) is 4.74 Å². The van der Waals surface area contributed by atoms with Crippen LogP contribution in [-0.4, -0.2) is 55.0 Å². The fourth-order valence-electron chi connectivity index (χ4n) is 3.80. The van der Waals surface area contributed by atoms with Crippen LogP contribution in [0.5, 0.6) is 5.75 Å². The molecular formula is C25H23F4N3O3. The monoisotopic (exact) mass is 489 g/mol. The molecule has 0 saturated carbocycles. The minimum Gasteiger partial charge on any atom is -0.404 e. The molecule has 3 aromatic rings. The molecule has 0 spiro atoms. The molecule has 0 radical (unpaired) electrons. The molecule has 1 aliphatic rings. The number of aryl methyl sites for hydroxylation is 1. The molecule has 1 fully saturated rings. The lowest BCUT2D eigenvalue weighted by atomic mass is 10.1. The van der Waals surface area contributed by atoms with Crippen molar-refractivity contribution in [2.75, 3.05) is 37.7 Å². The van der Waals surface area contributed by atoms with Crippen molar-refractivity contribution in [3.8, 4) is 17.0 Å². The van der Waals surface area contributed by atoms with E-state index in [1.165, 1.54) is 42.6 Å². The molecule has 6 nitrogen and oxygen atoms in total. The molecule has 0 atom stereocenters. The lowest BCUT2D eigenvalue weighted by Crippen LogP contribution is -2.43. The van der Waals surface area contributed by atoms with Crippen molar-refractivity contribution in [3.05, 3.63) is 72.2 Å². The highest BCUT2D eigenvalue weighted by atomic mass is 19.4. The van der Waals surface area contributed by atoms with E-state index >= 15 is 0 Å². The summed E-state index contributed by atoms with van der Waals surface area (Å²) >= 11 is 0. The van der Waals surface area contributed by atoms with Gasteiger partial charge in [0, 0.05) is 18.7 Å². The van der Waals surface area contributed by atoms with Crippen LogP contribution in [0.15, 0.2) is 60.8 Å². The molecule has 0 N–H and O–H groups in total. The van der Waals surface area contributed by atoms with Crippen LogP contribution in [0.3, 0.4) is 0 Å². The van der Waals surface area contributed by atoms with Gasteiger partial charge in [-0.25, -0.2) is 4.39 Å². The third-order valence-electron chi connectivity index (χ3n) is 5.45. The largest absolute Gasteiger partial charge is 0.573 e. The summed E-state index contributed by atoms with van der Waals surface area (Å²) in [5, 5.41) is 0. The van der Waals surface area contributed by atoms with Gasteiger partial charge in [0.1, 0.15) is 5.82 Å². The van der Waals surface area contributed by atoms with Crippen molar-refractivity contribution >= 4 is 17.3 Å². The average molecular weight is 489 g/mol. The van der Waals surface area contributed by atoms with Crippen molar-refractivity contribution < 1.29 is 31.8 Å². The summed E-state index contributed by atoms with van der Waals surface area (Å²) in [5.41, 5.74) is 1.38. The van der Waals surface area contributed by atoms with Gasteiger partial charge in [-0.3, -0.25) is 19.6 Å². The van der Waals surface area contributed by atoms with E-state index in [9.17, 15) is 22.4 Å². The summed E-state index contributed by atoms with van der Waals surface area (Å²) in [5.74, 6) is -1.45. The number of hydrogen-bond donors (Lipinski definition) is 0. The Bertz CT molecular complexity index is 1180. The number of alkyl halides is 3. The number of carbonyl (C=O) groups is 1. The number of nitrogens with zero attached hydrogens (tertiary/aromatic N) is 3. The predicted octanol–water partition coefficient (Wildman–Crippen LogP) is 5.09. The van der Waals surface area contributed by atoms with Crippen LogP contribution in [-0.2, 0) is 9.53 Å². The molecule has 184 valence electrons. The standard InChI is InChI=1S/C25H23F4N3O3/c1-17-6-9-23(35-25(27,28)29)22(14-17)32(24(33)16-31-10-12-34-13-11-31)18-7-8-21(30-15-18)19-4-2-3-5-20(19)26/h2-9,14-15H,10-13,16H2,1H3. The molecule has 0 aliphatic carbocycles. The second kappa shape index (κ2) is 10.4. The molecule has 4 rings (SSSR count). The van der Waals surface area contributed by atoms with Gasteiger partial charge in [0.2, 0.25) is 5.91 Å². The smallest absolute Gasteiger partial charge is 0.404 e. The first-order valence-electron chi connectivity index (χ1n) is 10.9. The number of morpholine rings is 1. The van der Waals surface area contributed by atoms with Crippen LogP contribution in [0.4, 0.5) is 28.9 Å². The van der Waals surface area contributed by atoms with Crippen LogP contribution in [0, 0.1) is 12.7 Å². The fraction of sp³-hybridized carbons (Fsp3) is 0.280. The summed E-state index contributed by atoms with van der Waals surface area (Å²) in [6.07, 6.45) is -3.62. The Balaban J connectivity index is 1.75. The SMILES string of the molecule is Cc1ccc(OC(F)(F)F)c(N(C(=O)CN2CCOCC2)c2ccc(-c3ccccc3F)nc2)c1. The third-order valence-corrected chi connectivity index (χ3v) is 5.45. The summed E-state index contributed by atoms with van der Waals surface area (Å²) in [6, 6.07) is 13.2. The number of ether oxygens (including phenoxy) is 2. The average Bonchev–Trinajstić information content (AvgIpc) is 2.82. The normalized spacial score (nSPS) is 14.5. The summed E-state index contributed by atoms with van der Waals surface area (Å²) in [6.45, 7) is 3.61. The van der Waals surface area contributed by atoms with Gasteiger partial charge in [0.25, 0.3) is 0 Å². The molecule has 1 saturated heterocycles. The summed E-state index contributed by atoms with van der Waals surface area (Å²) in [4.78, 5) is 20.8. The first-order valence-corrected chi connectivity index (χ1v) is 10.9. The van der Waals surface area contributed by atoms with E-state index in [1.807, 2.05) is 4.90 Å². The second-order valence-corrected chi connectivity index (χ2v) is 8.02. The number of rotatable bonds is 6. The number of benzene rings is 2. The first kappa shape index (κ1) is 24.6. The highest BCUT2D eigenvalue weighted by molar-refractivity contribution is 6.03. The molecule has 2 heterocycles. The molecular weight excluding hydrogens is 466 g/mol. The van der Waals surface area contributed by atoms with Crippen LogP contribution < -0.4 is 9.64 Å². The Morgan fingerprint density at radius 1 is 1.11 bits per heavy atom. The number of amides is 1. The molecule has 1 aliphatic heterocycles. The number of hydrogen-bond acceptors (Lipinski definition) is 5. The van der Waals surface area contributed by atoms with Gasteiger partial charge in [0.15, 0.2) is 5.75 Å². The van der Waals surface area contributed by atoms with Crippen molar-refractivity contribution in [2.24, 2.45) is 0 Å². The molecule has 35 heavy (non-hydrogen) atoms. The molecule has 0 bridgehead atoms. The van der Waals surface area contributed by atoms with Crippen LogP contribution in [0.2, 0.25) is 0 Å². The number of carbonyl (C=O) groups excluding carboxylic acids is 1. The van der Waals surface area contributed by atoms with Crippen molar-refractivity contribution in [2.45, 2.75) is 13.3 Å². The zero-order chi connectivity index (χ0) is 25.0. The zero-order valence-electron chi connectivity index (χ0n) is 18.9.